The Kier molecular flexibility index (Phi) is 5.48. The molecule has 4 heterocycles. The van der Waals surface area contributed by atoms with Crippen LogP contribution in [0.3, 0.4) is 0 Å². The van der Waals surface area contributed by atoms with Crippen molar-refractivity contribution in [3.05, 3.63) is 60.2 Å². The molecular weight excluding hydrogens is 388 g/mol. The maximum absolute atomic E-state index is 5.88. The predicted molar refractivity (Wildman–Crippen MR) is 116 cm³/mol. The molecule has 164 valence electrons. The third-order valence-corrected chi connectivity index (χ3v) is 7.77. The van der Waals surface area contributed by atoms with Gasteiger partial charge in [-0.2, -0.15) is 0 Å². The predicted octanol–water partition coefficient (Wildman–Crippen LogP) is 5.18. The smallest absolute Gasteiger partial charge is 0.181 e. The van der Waals surface area contributed by atoms with Crippen LogP contribution in [0, 0.1) is 11.8 Å². The number of hydroxylamine groups is 4. The van der Waals surface area contributed by atoms with Gasteiger partial charge in [-0.1, -0.05) is 12.1 Å². The molecule has 0 bridgehead atoms. The Labute approximate surface area is 184 Å². The standard InChI is InChI=1S/C25H32N4O2/c1-3-20(16-26-13-1)24-28(30-24)22-9-5-18(6-10-22)15-19-7-11-23(12-8-19)29-25(31-29)21-4-2-14-27-17-21/h1-4,13-14,16-19,22-25H,5-12,15H2. The highest BCUT2D eigenvalue weighted by molar-refractivity contribution is 5.15. The number of hydrogen-bond acceptors (Lipinski definition) is 6. The summed E-state index contributed by atoms with van der Waals surface area (Å²) in [5.74, 6) is 1.80. The van der Waals surface area contributed by atoms with Gasteiger partial charge in [0.1, 0.15) is 0 Å². The fourth-order valence-corrected chi connectivity index (χ4v) is 5.93. The molecule has 2 saturated carbocycles. The number of aromatic nitrogens is 2. The van der Waals surface area contributed by atoms with Gasteiger partial charge >= 0.3 is 0 Å². The summed E-state index contributed by atoms with van der Waals surface area (Å²) < 4.78 is 0. The molecule has 2 aromatic heterocycles. The van der Waals surface area contributed by atoms with Gasteiger partial charge < -0.3 is 0 Å². The monoisotopic (exact) mass is 420 g/mol. The van der Waals surface area contributed by atoms with E-state index in [0.717, 1.165) is 11.8 Å². The molecule has 2 saturated heterocycles. The zero-order valence-electron chi connectivity index (χ0n) is 18.1. The summed E-state index contributed by atoms with van der Waals surface area (Å²) in [5, 5.41) is 4.42. The summed E-state index contributed by atoms with van der Waals surface area (Å²) in [6, 6.07) is 9.38. The third-order valence-electron chi connectivity index (χ3n) is 7.77. The minimum Gasteiger partial charge on any atom is -0.270 e. The molecule has 4 fully saturated rings. The second kappa shape index (κ2) is 8.58. The van der Waals surface area contributed by atoms with Crippen LogP contribution in [-0.4, -0.2) is 32.2 Å². The normalized spacial score (nSPS) is 39.7. The molecular formula is C25H32N4O2. The van der Waals surface area contributed by atoms with E-state index in [1.807, 2.05) is 36.9 Å². The van der Waals surface area contributed by atoms with Crippen molar-refractivity contribution in [2.75, 3.05) is 0 Å². The van der Waals surface area contributed by atoms with E-state index in [1.54, 1.807) is 0 Å². The molecule has 2 aliphatic carbocycles. The van der Waals surface area contributed by atoms with E-state index < -0.39 is 0 Å². The summed E-state index contributed by atoms with van der Waals surface area (Å²) in [5.41, 5.74) is 2.37. The first kappa shape index (κ1) is 19.8. The quantitative estimate of drug-likeness (QED) is 0.601. The molecule has 0 spiro atoms. The van der Waals surface area contributed by atoms with Crippen molar-refractivity contribution in [2.24, 2.45) is 11.8 Å². The van der Waals surface area contributed by atoms with Crippen LogP contribution in [0.4, 0.5) is 0 Å². The summed E-state index contributed by atoms with van der Waals surface area (Å²) in [4.78, 5) is 20.2. The molecule has 4 atom stereocenters. The van der Waals surface area contributed by atoms with Gasteiger partial charge in [-0.25, -0.2) is 0 Å². The lowest BCUT2D eigenvalue weighted by molar-refractivity contribution is 0.0855. The van der Waals surface area contributed by atoms with Crippen molar-refractivity contribution in [3.8, 4) is 0 Å². The van der Waals surface area contributed by atoms with Crippen LogP contribution in [0.5, 0.6) is 0 Å². The van der Waals surface area contributed by atoms with E-state index >= 15 is 0 Å². The Balaban J connectivity index is 0.917. The molecule has 6 heteroatoms. The molecule has 0 aromatic carbocycles. The van der Waals surface area contributed by atoms with Crippen LogP contribution in [0.15, 0.2) is 49.1 Å². The van der Waals surface area contributed by atoms with Gasteiger partial charge in [-0.05, 0) is 81.8 Å². The molecule has 6 nitrogen and oxygen atoms in total. The molecule has 31 heavy (non-hydrogen) atoms. The van der Waals surface area contributed by atoms with Crippen LogP contribution >= 0.6 is 0 Å². The fourth-order valence-electron chi connectivity index (χ4n) is 5.93. The van der Waals surface area contributed by atoms with Crippen molar-refractivity contribution in [1.82, 2.24) is 20.1 Å². The average molecular weight is 421 g/mol. The van der Waals surface area contributed by atoms with E-state index in [9.17, 15) is 0 Å². The summed E-state index contributed by atoms with van der Waals surface area (Å²) >= 11 is 0. The second-order valence-electron chi connectivity index (χ2n) is 9.79. The van der Waals surface area contributed by atoms with Crippen molar-refractivity contribution in [1.29, 1.82) is 0 Å². The van der Waals surface area contributed by atoms with Crippen molar-refractivity contribution in [3.63, 3.8) is 0 Å². The zero-order chi connectivity index (χ0) is 20.6. The molecule has 0 N–H and O–H groups in total. The van der Waals surface area contributed by atoms with Gasteiger partial charge in [-0.3, -0.25) is 19.6 Å². The third kappa shape index (κ3) is 4.40. The lowest BCUT2D eigenvalue weighted by Crippen LogP contribution is -2.29. The molecule has 4 aliphatic rings. The number of pyridine rings is 2. The highest BCUT2D eigenvalue weighted by atomic mass is 16.8. The molecule has 0 amide bonds. The van der Waals surface area contributed by atoms with Crippen molar-refractivity contribution < 1.29 is 9.68 Å². The highest BCUT2D eigenvalue weighted by Crippen LogP contribution is 2.47. The molecule has 2 aromatic rings. The Morgan fingerprint density at radius 1 is 0.677 bits per heavy atom. The van der Waals surface area contributed by atoms with Crippen LogP contribution in [0.1, 0.15) is 81.4 Å². The van der Waals surface area contributed by atoms with E-state index in [4.69, 9.17) is 9.68 Å². The first-order chi connectivity index (χ1) is 15.3. The van der Waals surface area contributed by atoms with Crippen LogP contribution in [0.25, 0.3) is 0 Å². The minimum atomic E-state index is 0.140. The zero-order valence-corrected chi connectivity index (χ0v) is 18.1. The average Bonchev–Trinajstić information content (AvgIpc) is 3.76. The summed E-state index contributed by atoms with van der Waals surface area (Å²) in [6.45, 7) is 0. The number of rotatable bonds is 6. The first-order valence-electron chi connectivity index (χ1n) is 12.1. The number of nitrogens with zero attached hydrogens (tertiary/aromatic N) is 4. The van der Waals surface area contributed by atoms with Gasteiger partial charge in [-0.15, -0.1) is 10.1 Å². The second-order valence-corrected chi connectivity index (χ2v) is 9.79. The Morgan fingerprint density at radius 3 is 1.52 bits per heavy atom. The molecule has 2 aliphatic heterocycles. The minimum absolute atomic E-state index is 0.140. The van der Waals surface area contributed by atoms with Crippen LogP contribution < -0.4 is 0 Å². The molecule has 0 radical (unpaired) electrons. The SMILES string of the molecule is c1cncc(C2ON2C2CCC(CC3CCC(N4OC4c4cccnc4)CC3)CC2)c1. The lowest BCUT2D eigenvalue weighted by Gasteiger charge is -2.33. The van der Waals surface area contributed by atoms with Crippen LogP contribution in [0.2, 0.25) is 0 Å². The maximum Gasteiger partial charge on any atom is 0.181 e. The summed E-state index contributed by atoms with van der Waals surface area (Å²) in [7, 11) is 0. The summed E-state index contributed by atoms with van der Waals surface area (Å²) in [6.07, 6.45) is 19.7. The Bertz CT molecular complexity index is 779. The van der Waals surface area contributed by atoms with Gasteiger partial charge in [0.15, 0.2) is 12.5 Å². The van der Waals surface area contributed by atoms with E-state index in [1.165, 1.54) is 68.9 Å². The molecule has 6 rings (SSSR count). The number of hydrogen-bond donors (Lipinski definition) is 0. The van der Waals surface area contributed by atoms with E-state index in [-0.39, 0.29) is 12.5 Å². The van der Waals surface area contributed by atoms with Crippen LogP contribution in [-0.2, 0) is 9.68 Å². The maximum atomic E-state index is 5.88. The Hall–Kier alpha value is -1.86. The van der Waals surface area contributed by atoms with Crippen molar-refractivity contribution in [2.45, 2.75) is 82.3 Å². The van der Waals surface area contributed by atoms with Gasteiger partial charge in [0, 0.05) is 48.0 Å². The van der Waals surface area contributed by atoms with Crippen molar-refractivity contribution >= 4 is 0 Å². The topological polar surface area (TPSA) is 56.9 Å². The Morgan fingerprint density at radius 2 is 1.13 bits per heavy atom. The molecule has 4 unspecified atom stereocenters. The van der Waals surface area contributed by atoms with Gasteiger partial charge in [0.25, 0.3) is 0 Å². The highest BCUT2D eigenvalue weighted by Gasteiger charge is 2.46. The largest absolute Gasteiger partial charge is 0.270 e. The van der Waals surface area contributed by atoms with Gasteiger partial charge in [0.2, 0.25) is 0 Å². The van der Waals surface area contributed by atoms with E-state index in [2.05, 4.69) is 32.2 Å². The van der Waals surface area contributed by atoms with Gasteiger partial charge in [0.05, 0.1) is 0 Å². The van der Waals surface area contributed by atoms with E-state index in [0.29, 0.717) is 12.1 Å². The fraction of sp³-hybridized carbons (Fsp3) is 0.600. The lowest BCUT2D eigenvalue weighted by atomic mass is 9.75. The first-order valence-corrected chi connectivity index (χ1v) is 12.1.